The Labute approximate surface area is 141 Å². The van der Waals surface area contributed by atoms with E-state index in [0.29, 0.717) is 11.5 Å². The number of thioether (sulfide) groups is 2. The Kier molecular flexibility index (Phi) is 5.98. The molecular weight excluding hydrogens is 312 g/mol. The third-order valence-electron chi connectivity index (χ3n) is 3.69. The molecule has 0 saturated carbocycles. The molecule has 2 unspecified atom stereocenters. The highest BCUT2D eigenvalue weighted by atomic mass is 32.2. The fraction of sp³-hybridized carbons (Fsp3) is 0.333. The van der Waals surface area contributed by atoms with Crippen molar-refractivity contribution in [3.05, 3.63) is 60.7 Å². The number of benzene rings is 2. The lowest BCUT2D eigenvalue weighted by Crippen LogP contribution is -2.53. The summed E-state index contributed by atoms with van der Waals surface area (Å²) in [5, 5.41) is 21.4. The van der Waals surface area contributed by atoms with Gasteiger partial charge in [-0.3, -0.25) is 0 Å². The molecule has 0 aliphatic heterocycles. The Bertz CT molecular complexity index is 515. The summed E-state index contributed by atoms with van der Waals surface area (Å²) in [6.07, 6.45) is 0. The van der Waals surface area contributed by atoms with Crippen molar-refractivity contribution in [2.24, 2.45) is 0 Å². The highest BCUT2D eigenvalue weighted by Gasteiger charge is 2.41. The SMILES string of the molecule is CC(O)(CSc1ccccc1)C(C)(O)CSc1ccccc1. The first-order chi connectivity index (χ1) is 10.4. The summed E-state index contributed by atoms with van der Waals surface area (Å²) >= 11 is 3.11. The molecule has 2 rings (SSSR count). The van der Waals surface area contributed by atoms with Gasteiger partial charge in [-0.2, -0.15) is 0 Å². The zero-order valence-electron chi connectivity index (χ0n) is 12.9. The van der Waals surface area contributed by atoms with E-state index < -0.39 is 11.2 Å². The minimum Gasteiger partial charge on any atom is -0.386 e. The van der Waals surface area contributed by atoms with Gasteiger partial charge in [-0.25, -0.2) is 0 Å². The van der Waals surface area contributed by atoms with Gasteiger partial charge in [-0.05, 0) is 38.1 Å². The van der Waals surface area contributed by atoms with Crippen LogP contribution in [0.5, 0.6) is 0 Å². The second-order valence-electron chi connectivity index (χ2n) is 5.75. The van der Waals surface area contributed by atoms with Gasteiger partial charge in [-0.1, -0.05) is 36.4 Å². The van der Waals surface area contributed by atoms with Gasteiger partial charge in [-0.15, -0.1) is 23.5 Å². The van der Waals surface area contributed by atoms with Gasteiger partial charge < -0.3 is 10.2 Å². The third-order valence-corrected chi connectivity index (χ3v) is 6.31. The quantitative estimate of drug-likeness (QED) is 0.749. The van der Waals surface area contributed by atoms with Crippen molar-refractivity contribution in [3.63, 3.8) is 0 Å². The van der Waals surface area contributed by atoms with E-state index >= 15 is 0 Å². The largest absolute Gasteiger partial charge is 0.386 e. The molecule has 0 aromatic heterocycles. The molecule has 4 heteroatoms. The lowest BCUT2D eigenvalue weighted by Gasteiger charge is -2.38. The average molecular weight is 335 g/mol. The zero-order chi connectivity index (χ0) is 16.1. The molecule has 0 spiro atoms. The van der Waals surface area contributed by atoms with Crippen molar-refractivity contribution < 1.29 is 10.2 Å². The number of rotatable bonds is 7. The van der Waals surface area contributed by atoms with Crippen LogP contribution in [-0.4, -0.2) is 32.9 Å². The lowest BCUT2D eigenvalue weighted by molar-refractivity contribution is -0.101. The fourth-order valence-electron chi connectivity index (χ4n) is 1.79. The van der Waals surface area contributed by atoms with E-state index in [1.807, 2.05) is 60.7 Å². The van der Waals surface area contributed by atoms with E-state index in [4.69, 9.17) is 0 Å². The van der Waals surface area contributed by atoms with Gasteiger partial charge in [0.25, 0.3) is 0 Å². The summed E-state index contributed by atoms with van der Waals surface area (Å²) in [5.41, 5.74) is -2.34. The molecule has 0 radical (unpaired) electrons. The average Bonchev–Trinajstić information content (AvgIpc) is 2.53. The van der Waals surface area contributed by atoms with Crippen LogP contribution in [0.3, 0.4) is 0 Å². The van der Waals surface area contributed by atoms with E-state index in [1.165, 1.54) is 0 Å². The minimum atomic E-state index is -1.17. The molecule has 0 bridgehead atoms. The van der Waals surface area contributed by atoms with Crippen LogP contribution in [-0.2, 0) is 0 Å². The summed E-state index contributed by atoms with van der Waals surface area (Å²) < 4.78 is 0. The molecule has 0 saturated heterocycles. The Morgan fingerprint density at radius 1 is 0.682 bits per heavy atom. The second-order valence-corrected chi connectivity index (χ2v) is 7.85. The third kappa shape index (κ3) is 4.78. The van der Waals surface area contributed by atoms with Gasteiger partial charge in [0, 0.05) is 21.3 Å². The molecule has 0 amide bonds. The summed E-state index contributed by atoms with van der Waals surface area (Å²) in [6.45, 7) is 3.41. The maximum absolute atomic E-state index is 10.7. The normalized spacial score (nSPS) is 16.7. The maximum Gasteiger partial charge on any atom is 0.100 e. The molecule has 0 fully saturated rings. The van der Waals surface area contributed by atoms with Gasteiger partial charge in [0.15, 0.2) is 0 Å². The van der Waals surface area contributed by atoms with E-state index in [2.05, 4.69) is 0 Å². The van der Waals surface area contributed by atoms with Crippen molar-refractivity contribution in [1.29, 1.82) is 0 Å². The van der Waals surface area contributed by atoms with Crippen LogP contribution in [0.25, 0.3) is 0 Å². The lowest BCUT2D eigenvalue weighted by atomic mass is 9.89. The van der Waals surface area contributed by atoms with E-state index in [9.17, 15) is 10.2 Å². The van der Waals surface area contributed by atoms with Crippen LogP contribution in [0.1, 0.15) is 13.8 Å². The smallest absolute Gasteiger partial charge is 0.100 e. The molecule has 0 aliphatic rings. The van der Waals surface area contributed by atoms with Crippen molar-refractivity contribution in [2.45, 2.75) is 34.8 Å². The van der Waals surface area contributed by atoms with Crippen LogP contribution in [0.2, 0.25) is 0 Å². The summed E-state index contributed by atoms with van der Waals surface area (Å²) in [4.78, 5) is 2.18. The van der Waals surface area contributed by atoms with E-state index in [-0.39, 0.29) is 0 Å². The number of aliphatic hydroxyl groups is 2. The van der Waals surface area contributed by atoms with Crippen LogP contribution in [0.4, 0.5) is 0 Å². The first-order valence-corrected chi connectivity index (χ1v) is 9.18. The maximum atomic E-state index is 10.7. The number of hydrogen-bond acceptors (Lipinski definition) is 4. The predicted molar refractivity (Wildman–Crippen MR) is 95.6 cm³/mol. The molecule has 2 aromatic carbocycles. The van der Waals surface area contributed by atoms with Crippen molar-refractivity contribution in [1.82, 2.24) is 0 Å². The van der Waals surface area contributed by atoms with Crippen molar-refractivity contribution in [2.75, 3.05) is 11.5 Å². The van der Waals surface area contributed by atoms with Gasteiger partial charge in [0.1, 0.15) is 11.2 Å². The van der Waals surface area contributed by atoms with Gasteiger partial charge in [0.2, 0.25) is 0 Å². The second kappa shape index (κ2) is 7.55. The van der Waals surface area contributed by atoms with Crippen LogP contribution < -0.4 is 0 Å². The highest BCUT2D eigenvalue weighted by molar-refractivity contribution is 7.99. The topological polar surface area (TPSA) is 40.5 Å². The Morgan fingerprint density at radius 3 is 1.32 bits per heavy atom. The van der Waals surface area contributed by atoms with Crippen LogP contribution >= 0.6 is 23.5 Å². The number of hydrogen-bond donors (Lipinski definition) is 2. The minimum absolute atomic E-state index is 0.444. The fourth-order valence-corrected chi connectivity index (χ4v) is 4.01. The van der Waals surface area contributed by atoms with Crippen LogP contribution in [0.15, 0.2) is 70.5 Å². The zero-order valence-corrected chi connectivity index (χ0v) is 14.5. The summed E-state index contributed by atoms with van der Waals surface area (Å²) in [5.74, 6) is 0.888. The van der Waals surface area contributed by atoms with E-state index in [1.54, 1.807) is 37.4 Å². The highest BCUT2D eigenvalue weighted by Crippen LogP contribution is 2.33. The Hall–Kier alpha value is -0.940. The van der Waals surface area contributed by atoms with E-state index in [0.717, 1.165) is 9.79 Å². The predicted octanol–water partition coefficient (Wildman–Crippen LogP) is 4.07. The molecule has 2 aromatic rings. The first kappa shape index (κ1) is 17.4. The standard InChI is InChI=1S/C18H22O2S2/c1-17(19,13-21-15-9-5-3-6-10-15)18(2,20)14-22-16-11-7-4-8-12-16/h3-12,19-20H,13-14H2,1-2H3. The molecule has 118 valence electrons. The molecule has 2 N–H and O–H groups in total. The monoisotopic (exact) mass is 334 g/mol. The molecule has 0 aliphatic carbocycles. The molecular formula is C18H22O2S2. The summed E-state index contributed by atoms with van der Waals surface area (Å²) in [6, 6.07) is 19.9. The first-order valence-electron chi connectivity index (χ1n) is 7.21. The van der Waals surface area contributed by atoms with Crippen molar-refractivity contribution >= 4 is 23.5 Å². The molecule has 0 heterocycles. The molecule has 2 nitrogen and oxygen atoms in total. The Morgan fingerprint density at radius 2 is 1.00 bits per heavy atom. The summed E-state index contributed by atoms with van der Waals surface area (Å²) in [7, 11) is 0. The van der Waals surface area contributed by atoms with Crippen LogP contribution in [0, 0.1) is 0 Å². The molecule has 22 heavy (non-hydrogen) atoms. The van der Waals surface area contributed by atoms with Gasteiger partial charge in [0.05, 0.1) is 0 Å². The van der Waals surface area contributed by atoms with Crippen molar-refractivity contribution in [3.8, 4) is 0 Å². The van der Waals surface area contributed by atoms with Gasteiger partial charge >= 0.3 is 0 Å². The molecule has 2 atom stereocenters. The Balaban J connectivity index is 1.93.